The van der Waals surface area contributed by atoms with Gasteiger partial charge in [-0.2, -0.15) is 5.10 Å². The number of fused-ring (bicyclic) bond motifs is 4. The minimum atomic E-state index is -0.327. The van der Waals surface area contributed by atoms with E-state index >= 15 is 0 Å². The third-order valence-electron chi connectivity index (χ3n) is 4.12. The second-order valence-corrected chi connectivity index (χ2v) is 5.25. The molecule has 1 amide bonds. The maximum atomic E-state index is 12.2. The van der Waals surface area contributed by atoms with Gasteiger partial charge in [-0.25, -0.2) is 0 Å². The smallest absolute Gasteiger partial charge is 0.253 e. The maximum Gasteiger partial charge on any atom is 0.253 e. The number of amides is 1. The van der Waals surface area contributed by atoms with Crippen molar-refractivity contribution in [3.63, 3.8) is 0 Å². The molecule has 4 rings (SSSR count). The first kappa shape index (κ1) is 10.8. The average Bonchev–Trinajstić information content (AvgIpc) is 2.47. The number of rotatable bonds is 0. The lowest BCUT2D eigenvalue weighted by Gasteiger charge is -2.34. The highest BCUT2D eigenvalue weighted by Crippen LogP contribution is 2.39. The van der Waals surface area contributed by atoms with Crippen LogP contribution in [0.5, 0.6) is 0 Å². The summed E-state index contributed by atoms with van der Waals surface area (Å²) < 4.78 is 0. The fraction of sp³-hybridized carbons (Fsp3) is 0.333. The summed E-state index contributed by atoms with van der Waals surface area (Å²) in [6, 6.07) is 7.70. The monoisotopic (exact) mass is 253 g/mol. The van der Waals surface area contributed by atoms with Crippen LogP contribution in [0.3, 0.4) is 0 Å². The Labute approximate surface area is 111 Å². The standard InChI is InChI=1S/C15H15N3O/c19-15-14-13(9-5-1-3-7-11(9)16-15)10-6-2-4-8-12(10)17-18-14/h1,3,5,7,14,18H,2,4,6,8H2,(H,16,19)/t14-/m0/s1. The molecule has 0 unspecified atom stereocenters. The van der Waals surface area contributed by atoms with Crippen molar-refractivity contribution in [1.29, 1.82) is 0 Å². The first-order valence-corrected chi connectivity index (χ1v) is 6.80. The van der Waals surface area contributed by atoms with Crippen LogP contribution in [0.25, 0.3) is 5.57 Å². The van der Waals surface area contributed by atoms with Crippen molar-refractivity contribution in [2.24, 2.45) is 5.10 Å². The van der Waals surface area contributed by atoms with Crippen molar-refractivity contribution in [3.05, 3.63) is 35.4 Å². The molecular formula is C15H15N3O. The predicted molar refractivity (Wildman–Crippen MR) is 74.8 cm³/mol. The molecule has 0 aromatic heterocycles. The number of hydrogen-bond donors (Lipinski definition) is 2. The van der Waals surface area contributed by atoms with Crippen LogP contribution in [0.4, 0.5) is 5.69 Å². The number of anilines is 1. The summed E-state index contributed by atoms with van der Waals surface area (Å²) in [6.07, 6.45) is 4.43. The summed E-state index contributed by atoms with van der Waals surface area (Å²) >= 11 is 0. The number of hydrazone groups is 1. The molecule has 3 aliphatic rings. The minimum Gasteiger partial charge on any atom is -0.323 e. The zero-order valence-electron chi connectivity index (χ0n) is 10.6. The lowest BCUT2D eigenvalue weighted by molar-refractivity contribution is -0.117. The third-order valence-corrected chi connectivity index (χ3v) is 4.12. The Balaban J connectivity index is 1.96. The first-order chi connectivity index (χ1) is 9.34. The van der Waals surface area contributed by atoms with E-state index in [1.807, 2.05) is 18.2 Å². The Morgan fingerprint density at radius 1 is 1.16 bits per heavy atom. The Morgan fingerprint density at radius 3 is 2.95 bits per heavy atom. The van der Waals surface area contributed by atoms with Crippen LogP contribution >= 0.6 is 0 Å². The molecule has 2 N–H and O–H groups in total. The van der Waals surface area contributed by atoms with Crippen LogP contribution in [0, 0.1) is 0 Å². The highest BCUT2D eigenvalue weighted by molar-refractivity contribution is 6.18. The highest BCUT2D eigenvalue weighted by Gasteiger charge is 2.36. The van der Waals surface area contributed by atoms with Crippen molar-refractivity contribution in [2.45, 2.75) is 31.7 Å². The summed E-state index contributed by atoms with van der Waals surface area (Å²) in [5, 5.41) is 7.36. The second-order valence-electron chi connectivity index (χ2n) is 5.25. The number of carbonyl (C=O) groups excluding carboxylic acids is 1. The van der Waals surface area contributed by atoms with Crippen molar-refractivity contribution >= 4 is 22.9 Å². The molecule has 2 aliphatic heterocycles. The number of carbonyl (C=O) groups is 1. The Morgan fingerprint density at radius 2 is 2.00 bits per heavy atom. The van der Waals surface area contributed by atoms with E-state index in [0.29, 0.717) is 0 Å². The van der Waals surface area contributed by atoms with Gasteiger partial charge in [-0.05, 0) is 42.9 Å². The van der Waals surface area contributed by atoms with Crippen molar-refractivity contribution < 1.29 is 4.79 Å². The topological polar surface area (TPSA) is 53.5 Å². The highest BCUT2D eigenvalue weighted by atomic mass is 16.2. The van der Waals surface area contributed by atoms with E-state index in [-0.39, 0.29) is 11.9 Å². The van der Waals surface area contributed by atoms with Crippen LogP contribution in [-0.4, -0.2) is 17.7 Å². The molecule has 1 aromatic rings. The van der Waals surface area contributed by atoms with E-state index in [4.69, 9.17) is 0 Å². The quantitative estimate of drug-likeness (QED) is 0.745. The van der Waals surface area contributed by atoms with E-state index < -0.39 is 0 Å². The SMILES string of the molecule is O=C1Nc2ccccc2C2=C3CCCCC3=NN[C@H]12. The van der Waals surface area contributed by atoms with Gasteiger partial charge in [-0.15, -0.1) is 0 Å². The molecule has 2 heterocycles. The number of para-hydroxylation sites is 1. The molecule has 1 atom stereocenters. The molecule has 0 spiro atoms. The molecule has 0 saturated heterocycles. The van der Waals surface area contributed by atoms with E-state index in [1.54, 1.807) is 0 Å². The summed E-state index contributed by atoms with van der Waals surface area (Å²) in [4.78, 5) is 12.2. The van der Waals surface area contributed by atoms with Crippen LogP contribution in [0.2, 0.25) is 0 Å². The van der Waals surface area contributed by atoms with Crippen LogP contribution in [0.15, 0.2) is 34.9 Å². The van der Waals surface area contributed by atoms with Gasteiger partial charge in [0.05, 0.1) is 5.71 Å². The molecule has 1 aromatic carbocycles. The number of hydrogen-bond acceptors (Lipinski definition) is 3. The van der Waals surface area contributed by atoms with Crippen LogP contribution < -0.4 is 10.7 Å². The van der Waals surface area contributed by atoms with Crippen LogP contribution in [0.1, 0.15) is 31.2 Å². The summed E-state index contributed by atoms with van der Waals surface area (Å²) in [5.41, 5.74) is 8.66. The summed E-state index contributed by atoms with van der Waals surface area (Å²) in [5.74, 6) is -0.00502. The minimum absolute atomic E-state index is 0.00502. The molecule has 0 bridgehead atoms. The normalized spacial score (nSPS) is 24.5. The van der Waals surface area contributed by atoms with Gasteiger partial charge in [0.2, 0.25) is 0 Å². The molecule has 4 nitrogen and oxygen atoms in total. The number of nitrogens with zero attached hydrogens (tertiary/aromatic N) is 1. The van der Waals surface area contributed by atoms with E-state index in [9.17, 15) is 4.79 Å². The van der Waals surface area contributed by atoms with Gasteiger partial charge in [0, 0.05) is 11.3 Å². The van der Waals surface area contributed by atoms with E-state index in [2.05, 4.69) is 21.9 Å². The number of allylic oxidation sites excluding steroid dienone is 1. The predicted octanol–water partition coefficient (Wildman–Crippen LogP) is 2.29. The maximum absolute atomic E-state index is 12.2. The molecular weight excluding hydrogens is 238 g/mol. The summed E-state index contributed by atoms with van der Waals surface area (Å²) in [6.45, 7) is 0. The number of nitrogens with one attached hydrogen (secondary N) is 2. The van der Waals surface area contributed by atoms with E-state index in [0.717, 1.165) is 35.4 Å². The fourth-order valence-corrected chi connectivity index (χ4v) is 3.22. The lowest BCUT2D eigenvalue weighted by atomic mass is 9.81. The largest absolute Gasteiger partial charge is 0.323 e. The number of benzene rings is 1. The molecule has 96 valence electrons. The van der Waals surface area contributed by atoms with Crippen molar-refractivity contribution in [3.8, 4) is 0 Å². The molecule has 1 fully saturated rings. The van der Waals surface area contributed by atoms with Crippen LogP contribution in [-0.2, 0) is 4.79 Å². The van der Waals surface area contributed by atoms with E-state index in [1.165, 1.54) is 18.4 Å². The van der Waals surface area contributed by atoms with Gasteiger partial charge < -0.3 is 5.32 Å². The first-order valence-electron chi connectivity index (χ1n) is 6.80. The molecule has 4 heteroatoms. The Bertz CT molecular complexity index is 630. The van der Waals surface area contributed by atoms with Gasteiger partial charge in [0.15, 0.2) is 0 Å². The molecule has 19 heavy (non-hydrogen) atoms. The van der Waals surface area contributed by atoms with Crippen molar-refractivity contribution in [1.82, 2.24) is 5.43 Å². The summed E-state index contributed by atoms with van der Waals surface area (Å²) in [7, 11) is 0. The van der Waals surface area contributed by atoms with Gasteiger partial charge in [0.25, 0.3) is 5.91 Å². The van der Waals surface area contributed by atoms with Gasteiger partial charge >= 0.3 is 0 Å². The Kier molecular flexibility index (Phi) is 2.24. The lowest BCUT2D eigenvalue weighted by Crippen LogP contribution is -2.46. The average molecular weight is 253 g/mol. The third kappa shape index (κ3) is 1.52. The zero-order chi connectivity index (χ0) is 12.8. The fourth-order valence-electron chi connectivity index (χ4n) is 3.22. The van der Waals surface area contributed by atoms with Crippen molar-refractivity contribution in [2.75, 3.05) is 5.32 Å². The second kappa shape index (κ2) is 3.95. The van der Waals surface area contributed by atoms with Gasteiger partial charge in [0.1, 0.15) is 6.04 Å². The van der Waals surface area contributed by atoms with Gasteiger partial charge in [-0.1, -0.05) is 18.2 Å². The Hall–Kier alpha value is -2.10. The zero-order valence-corrected chi connectivity index (χ0v) is 10.6. The molecule has 0 radical (unpaired) electrons. The molecule has 1 saturated carbocycles. The molecule has 1 aliphatic carbocycles. The van der Waals surface area contributed by atoms with Gasteiger partial charge in [-0.3, -0.25) is 10.2 Å².